The van der Waals surface area contributed by atoms with Crippen LogP contribution in [0.25, 0.3) is 0 Å². The van der Waals surface area contributed by atoms with Gasteiger partial charge in [0, 0.05) is 6.04 Å². The van der Waals surface area contributed by atoms with E-state index in [0.29, 0.717) is 11.3 Å². The molecule has 0 spiro atoms. The molecule has 0 radical (unpaired) electrons. The van der Waals surface area contributed by atoms with Crippen LogP contribution in [-0.4, -0.2) is 30.0 Å². The van der Waals surface area contributed by atoms with Crippen LogP contribution in [0.15, 0.2) is 0 Å². The summed E-state index contributed by atoms with van der Waals surface area (Å²) in [6.45, 7) is 8.76. The van der Waals surface area contributed by atoms with Crippen molar-refractivity contribution in [1.82, 2.24) is 0 Å². The van der Waals surface area contributed by atoms with E-state index in [1.165, 1.54) is 6.42 Å². The van der Waals surface area contributed by atoms with Gasteiger partial charge in [0.1, 0.15) is 0 Å². The first-order valence-corrected chi connectivity index (χ1v) is 6.36. The lowest BCUT2D eigenvalue weighted by atomic mass is 9.71. The minimum absolute atomic E-state index is 0.0168. The van der Waals surface area contributed by atoms with Crippen LogP contribution in [0.3, 0.4) is 0 Å². The van der Waals surface area contributed by atoms with Crippen molar-refractivity contribution in [2.75, 3.05) is 6.61 Å². The van der Waals surface area contributed by atoms with Crippen LogP contribution in [-0.2, 0) is 4.74 Å². The molecule has 0 bridgehead atoms. The van der Waals surface area contributed by atoms with E-state index in [-0.39, 0.29) is 24.9 Å². The van der Waals surface area contributed by atoms with Gasteiger partial charge in [0.05, 0.1) is 18.8 Å². The molecule has 1 fully saturated rings. The Morgan fingerprint density at radius 1 is 1.44 bits per heavy atom. The maximum absolute atomic E-state index is 9.22. The number of nitrogens with two attached hydrogens (primary N) is 1. The summed E-state index contributed by atoms with van der Waals surface area (Å²) in [7, 11) is 0. The van der Waals surface area contributed by atoms with Gasteiger partial charge < -0.3 is 15.6 Å². The first-order chi connectivity index (χ1) is 7.34. The Morgan fingerprint density at radius 2 is 2.06 bits per heavy atom. The largest absolute Gasteiger partial charge is 0.394 e. The molecule has 16 heavy (non-hydrogen) atoms. The summed E-state index contributed by atoms with van der Waals surface area (Å²) in [5, 5.41) is 9.22. The molecular weight excluding hydrogens is 202 g/mol. The molecule has 0 aromatic heterocycles. The van der Waals surface area contributed by atoms with Gasteiger partial charge in [-0.1, -0.05) is 20.8 Å². The van der Waals surface area contributed by atoms with E-state index in [0.717, 1.165) is 12.8 Å². The zero-order valence-electron chi connectivity index (χ0n) is 11.1. The smallest absolute Gasteiger partial charge is 0.0957 e. The Morgan fingerprint density at radius 3 is 2.50 bits per heavy atom. The van der Waals surface area contributed by atoms with E-state index < -0.39 is 0 Å². The second-order valence-corrected chi connectivity index (χ2v) is 6.25. The fourth-order valence-electron chi connectivity index (χ4n) is 2.94. The molecule has 96 valence electrons. The summed E-state index contributed by atoms with van der Waals surface area (Å²) < 4.78 is 5.93. The molecule has 4 unspecified atom stereocenters. The first kappa shape index (κ1) is 13.9. The molecule has 1 aliphatic rings. The van der Waals surface area contributed by atoms with Crippen LogP contribution < -0.4 is 5.73 Å². The molecule has 0 heterocycles. The standard InChI is InChI=1S/C13H27NO2/c1-9-5-11(7-13(3,4)6-9)16-12(8-15)10(2)14/h9-12,15H,5-8,14H2,1-4H3. The minimum Gasteiger partial charge on any atom is -0.394 e. The highest BCUT2D eigenvalue weighted by Gasteiger charge is 2.34. The molecule has 3 heteroatoms. The van der Waals surface area contributed by atoms with Crippen molar-refractivity contribution in [3.63, 3.8) is 0 Å². The number of hydrogen-bond acceptors (Lipinski definition) is 3. The zero-order valence-corrected chi connectivity index (χ0v) is 11.1. The summed E-state index contributed by atoms with van der Waals surface area (Å²) in [6, 6.07) is -0.106. The average molecular weight is 229 g/mol. The van der Waals surface area contributed by atoms with Crippen molar-refractivity contribution in [2.45, 2.75) is 65.2 Å². The maximum atomic E-state index is 9.22. The van der Waals surface area contributed by atoms with Crippen LogP contribution in [0.1, 0.15) is 47.0 Å². The molecule has 3 N–H and O–H groups in total. The Kier molecular flexibility index (Phi) is 4.77. The van der Waals surface area contributed by atoms with E-state index in [4.69, 9.17) is 10.5 Å². The molecule has 0 amide bonds. The lowest BCUT2D eigenvalue weighted by molar-refractivity contribution is -0.0882. The van der Waals surface area contributed by atoms with Gasteiger partial charge in [0.15, 0.2) is 0 Å². The molecule has 0 aliphatic heterocycles. The van der Waals surface area contributed by atoms with Gasteiger partial charge >= 0.3 is 0 Å². The van der Waals surface area contributed by atoms with Gasteiger partial charge in [0.2, 0.25) is 0 Å². The molecule has 1 saturated carbocycles. The van der Waals surface area contributed by atoms with E-state index in [1.54, 1.807) is 0 Å². The van der Waals surface area contributed by atoms with Crippen LogP contribution in [0.2, 0.25) is 0 Å². The van der Waals surface area contributed by atoms with Crippen LogP contribution in [0.5, 0.6) is 0 Å². The average Bonchev–Trinajstić information content (AvgIpc) is 2.10. The topological polar surface area (TPSA) is 55.5 Å². The monoisotopic (exact) mass is 229 g/mol. The zero-order chi connectivity index (χ0) is 12.3. The second kappa shape index (κ2) is 5.48. The molecular formula is C13H27NO2. The third kappa shape index (κ3) is 4.04. The summed E-state index contributed by atoms with van der Waals surface area (Å²) in [4.78, 5) is 0. The normalized spacial score (nSPS) is 33.4. The minimum atomic E-state index is -0.217. The van der Waals surface area contributed by atoms with Crippen molar-refractivity contribution in [3.05, 3.63) is 0 Å². The van der Waals surface area contributed by atoms with E-state index in [1.807, 2.05) is 6.92 Å². The fourth-order valence-corrected chi connectivity index (χ4v) is 2.94. The molecule has 3 nitrogen and oxygen atoms in total. The summed E-state index contributed by atoms with van der Waals surface area (Å²) in [5.41, 5.74) is 6.13. The maximum Gasteiger partial charge on any atom is 0.0957 e. The van der Waals surface area contributed by atoms with Crippen molar-refractivity contribution < 1.29 is 9.84 Å². The van der Waals surface area contributed by atoms with Crippen molar-refractivity contribution >= 4 is 0 Å². The van der Waals surface area contributed by atoms with Gasteiger partial charge in [-0.05, 0) is 37.5 Å². The number of aliphatic hydroxyl groups excluding tert-OH is 1. The Bertz CT molecular complexity index is 216. The Labute approximate surface area is 99.4 Å². The third-order valence-electron chi connectivity index (χ3n) is 3.48. The lowest BCUT2D eigenvalue weighted by Crippen LogP contribution is -2.42. The highest BCUT2D eigenvalue weighted by atomic mass is 16.5. The van der Waals surface area contributed by atoms with Gasteiger partial charge in [0.25, 0.3) is 0 Å². The van der Waals surface area contributed by atoms with Gasteiger partial charge in [-0.25, -0.2) is 0 Å². The first-order valence-electron chi connectivity index (χ1n) is 6.36. The second-order valence-electron chi connectivity index (χ2n) is 6.25. The van der Waals surface area contributed by atoms with Crippen molar-refractivity contribution in [1.29, 1.82) is 0 Å². The van der Waals surface area contributed by atoms with E-state index in [9.17, 15) is 5.11 Å². The highest BCUT2D eigenvalue weighted by molar-refractivity contribution is 4.84. The van der Waals surface area contributed by atoms with Crippen molar-refractivity contribution in [2.24, 2.45) is 17.1 Å². The van der Waals surface area contributed by atoms with Gasteiger partial charge in [-0.3, -0.25) is 0 Å². The molecule has 1 aliphatic carbocycles. The van der Waals surface area contributed by atoms with E-state index >= 15 is 0 Å². The summed E-state index contributed by atoms with van der Waals surface area (Å²) in [5.74, 6) is 0.696. The molecule has 0 saturated heterocycles. The quantitative estimate of drug-likeness (QED) is 0.774. The van der Waals surface area contributed by atoms with Crippen LogP contribution in [0, 0.1) is 11.3 Å². The molecule has 1 rings (SSSR count). The number of ether oxygens (including phenoxy) is 1. The van der Waals surface area contributed by atoms with Crippen LogP contribution in [0.4, 0.5) is 0 Å². The van der Waals surface area contributed by atoms with Crippen molar-refractivity contribution in [3.8, 4) is 0 Å². The number of rotatable bonds is 4. The molecule has 0 aromatic carbocycles. The fraction of sp³-hybridized carbons (Fsp3) is 1.00. The third-order valence-corrected chi connectivity index (χ3v) is 3.48. The number of aliphatic hydroxyl groups is 1. The SMILES string of the molecule is CC1CC(OC(CO)C(C)N)CC(C)(C)C1. The predicted octanol–water partition coefficient (Wildman–Crippen LogP) is 1.93. The number of hydrogen-bond donors (Lipinski definition) is 2. The predicted molar refractivity (Wildman–Crippen MR) is 66.2 cm³/mol. The van der Waals surface area contributed by atoms with Crippen LogP contribution >= 0.6 is 0 Å². The van der Waals surface area contributed by atoms with Gasteiger partial charge in [-0.2, -0.15) is 0 Å². The lowest BCUT2D eigenvalue weighted by Gasteiger charge is -2.40. The van der Waals surface area contributed by atoms with Gasteiger partial charge in [-0.15, -0.1) is 0 Å². The molecule has 4 atom stereocenters. The summed E-state index contributed by atoms with van der Waals surface area (Å²) in [6.07, 6.45) is 3.45. The Hall–Kier alpha value is -0.120. The highest BCUT2D eigenvalue weighted by Crippen LogP contribution is 2.40. The Balaban J connectivity index is 2.53. The van der Waals surface area contributed by atoms with E-state index in [2.05, 4.69) is 20.8 Å². The molecule has 0 aromatic rings. The summed E-state index contributed by atoms with van der Waals surface area (Å²) >= 11 is 0.